The molecule has 0 atom stereocenters. The molecule has 0 aliphatic heterocycles. The number of hydrogen-bond donors (Lipinski definition) is 0. The van der Waals surface area contributed by atoms with Crippen molar-refractivity contribution < 1.29 is 4.52 Å². The lowest BCUT2D eigenvalue weighted by molar-refractivity contribution is 0.418. The first-order chi connectivity index (χ1) is 6.45. The van der Waals surface area contributed by atoms with E-state index in [1.54, 1.807) is 6.26 Å². The maximum Gasteiger partial charge on any atom is 0.124 e. The molecule has 0 fully saturated rings. The summed E-state index contributed by atoms with van der Waals surface area (Å²) < 4.78 is 4.70. The van der Waals surface area contributed by atoms with E-state index in [9.17, 15) is 0 Å². The molecule has 64 valence electrons. The van der Waals surface area contributed by atoms with Gasteiger partial charge in [-0.25, -0.2) is 0 Å². The zero-order valence-corrected chi connectivity index (χ0v) is 7.05. The largest absolute Gasteiger partial charge is 0.364 e. The highest BCUT2D eigenvalue weighted by Crippen LogP contribution is 2.05. The van der Waals surface area contributed by atoms with Crippen molar-refractivity contribution in [1.29, 1.82) is 0 Å². The Morgan fingerprint density at radius 2 is 1.85 bits per heavy atom. The normalized spacial score (nSPS) is 10.8. The fourth-order valence-corrected chi connectivity index (χ4v) is 1.05. The Morgan fingerprint density at radius 3 is 2.54 bits per heavy atom. The second-order valence-electron chi connectivity index (χ2n) is 2.67. The summed E-state index contributed by atoms with van der Waals surface area (Å²) in [5, 5.41) is 3.77. The molecule has 2 rings (SSSR count). The van der Waals surface area contributed by atoms with E-state index in [2.05, 4.69) is 5.16 Å². The van der Waals surface area contributed by atoms with Gasteiger partial charge in [-0.3, -0.25) is 0 Å². The van der Waals surface area contributed by atoms with Gasteiger partial charge in [0.15, 0.2) is 0 Å². The predicted octanol–water partition coefficient (Wildman–Crippen LogP) is 2.85. The third kappa shape index (κ3) is 2.06. The smallest absolute Gasteiger partial charge is 0.124 e. The Kier molecular flexibility index (Phi) is 2.23. The van der Waals surface area contributed by atoms with Crippen LogP contribution in [0.1, 0.15) is 11.3 Å². The van der Waals surface area contributed by atoms with Gasteiger partial charge < -0.3 is 4.52 Å². The summed E-state index contributed by atoms with van der Waals surface area (Å²) in [5.41, 5.74) is 1.99. The van der Waals surface area contributed by atoms with Crippen molar-refractivity contribution in [2.24, 2.45) is 0 Å². The standard InChI is InChI=1S/C11H9NO/c1-2-4-10(5-3-1)6-7-11-8-9-13-12-11/h1-9H/b7-6+. The van der Waals surface area contributed by atoms with Gasteiger partial charge in [-0.15, -0.1) is 0 Å². The fraction of sp³-hybridized carbons (Fsp3) is 0. The molecular weight excluding hydrogens is 162 g/mol. The topological polar surface area (TPSA) is 26.0 Å². The lowest BCUT2D eigenvalue weighted by Gasteiger charge is -1.88. The average Bonchev–Trinajstić information content (AvgIpc) is 2.69. The van der Waals surface area contributed by atoms with Gasteiger partial charge in [0.2, 0.25) is 0 Å². The predicted molar refractivity (Wildman–Crippen MR) is 51.9 cm³/mol. The molecule has 2 aromatic rings. The van der Waals surface area contributed by atoms with Crippen molar-refractivity contribution in [1.82, 2.24) is 5.16 Å². The first-order valence-corrected chi connectivity index (χ1v) is 4.09. The van der Waals surface area contributed by atoms with Gasteiger partial charge in [0, 0.05) is 6.07 Å². The van der Waals surface area contributed by atoms with Crippen LogP contribution in [-0.4, -0.2) is 5.16 Å². The van der Waals surface area contributed by atoms with Crippen molar-refractivity contribution in [2.45, 2.75) is 0 Å². The second-order valence-corrected chi connectivity index (χ2v) is 2.67. The van der Waals surface area contributed by atoms with E-state index in [-0.39, 0.29) is 0 Å². The number of benzene rings is 1. The van der Waals surface area contributed by atoms with Crippen LogP contribution >= 0.6 is 0 Å². The van der Waals surface area contributed by atoms with Crippen LogP contribution in [0.25, 0.3) is 12.2 Å². The first kappa shape index (κ1) is 7.80. The number of rotatable bonds is 2. The quantitative estimate of drug-likeness (QED) is 0.694. The van der Waals surface area contributed by atoms with Crippen molar-refractivity contribution >= 4 is 12.2 Å². The fourth-order valence-electron chi connectivity index (χ4n) is 1.05. The molecule has 1 heterocycles. The van der Waals surface area contributed by atoms with Gasteiger partial charge in [-0.1, -0.05) is 41.6 Å². The lowest BCUT2D eigenvalue weighted by atomic mass is 10.2. The molecule has 0 unspecified atom stereocenters. The van der Waals surface area contributed by atoms with E-state index in [1.165, 1.54) is 0 Å². The van der Waals surface area contributed by atoms with Crippen molar-refractivity contribution in [3.05, 3.63) is 53.9 Å². The molecule has 0 bridgehead atoms. The summed E-state index contributed by atoms with van der Waals surface area (Å²) in [7, 11) is 0. The van der Waals surface area contributed by atoms with Crippen LogP contribution < -0.4 is 0 Å². The first-order valence-electron chi connectivity index (χ1n) is 4.09. The lowest BCUT2D eigenvalue weighted by Crippen LogP contribution is -1.70. The Labute approximate surface area is 76.5 Å². The zero-order chi connectivity index (χ0) is 8.93. The third-order valence-electron chi connectivity index (χ3n) is 1.70. The Balaban J connectivity index is 2.15. The van der Waals surface area contributed by atoms with Crippen LogP contribution in [0.15, 0.2) is 47.2 Å². The highest BCUT2D eigenvalue weighted by molar-refractivity contribution is 5.67. The number of nitrogens with zero attached hydrogens (tertiary/aromatic N) is 1. The molecular formula is C11H9NO. The summed E-state index contributed by atoms with van der Waals surface area (Å²) >= 11 is 0. The Hall–Kier alpha value is -1.83. The molecule has 1 aromatic carbocycles. The minimum Gasteiger partial charge on any atom is -0.364 e. The van der Waals surface area contributed by atoms with Crippen LogP contribution in [0.3, 0.4) is 0 Å². The van der Waals surface area contributed by atoms with Gasteiger partial charge in [0.1, 0.15) is 12.0 Å². The summed E-state index contributed by atoms with van der Waals surface area (Å²) in [6.07, 6.45) is 5.47. The molecule has 1 aromatic heterocycles. The van der Waals surface area contributed by atoms with Crippen LogP contribution in [0.2, 0.25) is 0 Å². The molecule has 0 aliphatic rings. The van der Waals surface area contributed by atoms with Crippen molar-refractivity contribution in [3.8, 4) is 0 Å². The second kappa shape index (κ2) is 3.72. The average molecular weight is 171 g/mol. The van der Waals surface area contributed by atoms with E-state index in [4.69, 9.17) is 4.52 Å². The number of aromatic nitrogens is 1. The molecule has 0 spiro atoms. The van der Waals surface area contributed by atoms with Gasteiger partial charge in [0.05, 0.1) is 0 Å². The number of hydrogen-bond acceptors (Lipinski definition) is 2. The van der Waals surface area contributed by atoms with Crippen LogP contribution in [0.4, 0.5) is 0 Å². The summed E-state index contributed by atoms with van der Waals surface area (Å²) in [5.74, 6) is 0. The zero-order valence-electron chi connectivity index (χ0n) is 7.05. The molecule has 2 nitrogen and oxygen atoms in total. The molecule has 0 N–H and O–H groups in total. The van der Waals surface area contributed by atoms with E-state index >= 15 is 0 Å². The summed E-state index contributed by atoms with van der Waals surface area (Å²) in [4.78, 5) is 0. The molecule has 0 saturated carbocycles. The van der Waals surface area contributed by atoms with Crippen LogP contribution in [0, 0.1) is 0 Å². The minimum atomic E-state index is 0.837. The van der Waals surface area contributed by atoms with Crippen molar-refractivity contribution in [3.63, 3.8) is 0 Å². The van der Waals surface area contributed by atoms with Gasteiger partial charge >= 0.3 is 0 Å². The van der Waals surface area contributed by atoms with E-state index in [0.717, 1.165) is 11.3 Å². The monoisotopic (exact) mass is 171 g/mol. The molecule has 0 amide bonds. The van der Waals surface area contributed by atoms with Gasteiger partial charge in [-0.2, -0.15) is 0 Å². The molecule has 13 heavy (non-hydrogen) atoms. The van der Waals surface area contributed by atoms with Gasteiger partial charge in [-0.05, 0) is 11.6 Å². The molecule has 0 saturated heterocycles. The summed E-state index contributed by atoms with van der Waals surface area (Å²) in [6, 6.07) is 11.9. The van der Waals surface area contributed by atoms with Crippen LogP contribution in [-0.2, 0) is 0 Å². The third-order valence-corrected chi connectivity index (χ3v) is 1.70. The SMILES string of the molecule is C(=C\c1ccon1)/c1ccccc1. The molecule has 2 heteroatoms. The maximum absolute atomic E-state index is 4.70. The van der Waals surface area contributed by atoms with E-state index in [0.29, 0.717) is 0 Å². The van der Waals surface area contributed by atoms with Crippen molar-refractivity contribution in [2.75, 3.05) is 0 Å². The Morgan fingerprint density at radius 1 is 1.00 bits per heavy atom. The summed E-state index contributed by atoms with van der Waals surface area (Å²) in [6.45, 7) is 0. The minimum absolute atomic E-state index is 0.837. The van der Waals surface area contributed by atoms with Gasteiger partial charge in [0.25, 0.3) is 0 Å². The molecule has 0 radical (unpaired) electrons. The molecule has 0 aliphatic carbocycles. The Bertz CT molecular complexity index is 376. The van der Waals surface area contributed by atoms with E-state index < -0.39 is 0 Å². The highest BCUT2D eigenvalue weighted by Gasteiger charge is 1.88. The van der Waals surface area contributed by atoms with E-state index in [1.807, 2.05) is 48.6 Å². The highest BCUT2D eigenvalue weighted by atomic mass is 16.5. The van der Waals surface area contributed by atoms with Crippen LogP contribution in [0.5, 0.6) is 0 Å². The maximum atomic E-state index is 4.70.